The maximum absolute atomic E-state index is 13.5. The van der Waals surface area contributed by atoms with Gasteiger partial charge in [-0.3, -0.25) is 15.8 Å². The van der Waals surface area contributed by atoms with Crippen molar-refractivity contribution >= 4 is 17.8 Å². The van der Waals surface area contributed by atoms with E-state index in [1.54, 1.807) is 10.6 Å². The van der Waals surface area contributed by atoms with E-state index < -0.39 is 29.4 Å². The molecule has 0 radical (unpaired) electrons. The second kappa shape index (κ2) is 7.70. The van der Waals surface area contributed by atoms with Crippen molar-refractivity contribution in [1.82, 2.24) is 20.9 Å². The second-order valence-electron chi connectivity index (χ2n) is 10.8. The van der Waals surface area contributed by atoms with Gasteiger partial charge in [0.2, 0.25) is 11.4 Å². The van der Waals surface area contributed by atoms with Gasteiger partial charge in [-0.25, -0.2) is 9.57 Å². The summed E-state index contributed by atoms with van der Waals surface area (Å²) in [4.78, 5) is 19.9. The summed E-state index contributed by atoms with van der Waals surface area (Å²) in [6.07, 6.45) is 0.840. The number of benzene rings is 1. The van der Waals surface area contributed by atoms with E-state index in [-0.39, 0.29) is 29.9 Å². The number of amides is 1. The number of rotatable bonds is 4. The molecule has 1 aromatic carbocycles. The Balaban J connectivity index is 1.49. The van der Waals surface area contributed by atoms with Gasteiger partial charge in [-0.2, -0.15) is 0 Å². The highest BCUT2D eigenvalue weighted by atomic mass is 16.5. The lowest BCUT2D eigenvalue weighted by Crippen LogP contribution is -2.79. The Morgan fingerprint density at radius 1 is 1.34 bits per heavy atom. The molecule has 1 amide bonds. The van der Waals surface area contributed by atoms with Crippen LogP contribution in [0.15, 0.2) is 23.2 Å². The van der Waals surface area contributed by atoms with Gasteiger partial charge >= 0.3 is 5.96 Å². The molecule has 0 bridgehead atoms. The Morgan fingerprint density at radius 2 is 2.09 bits per heavy atom. The molecule has 4 atom stereocenters. The first kappa shape index (κ1) is 23.6. The maximum atomic E-state index is 13.5. The zero-order valence-electron chi connectivity index (χ0n) is 20.5. The van der Waals surface area contributed by atoms with Crippen LogP contribution in [-0.4, -0.2) is 101 Å². The summed E-state index contributed by atoms with van der Waals surface area (Å²) in [5.41, 5.74) is 12.0. The number of nitrogens with two attached hydrogens (primary N) is 2. The summed E-state index contributed by atoms with van der Waals surface area (Å²) in [6.45, 7) is 5.28. The summed E-state index contributed by atoms with van der Waals surface area (Å²) in [5.74, 6) is -2.07. The van der Waals surface area contributed by atoms with Gasteiger partial charge in [-0.1, -0.05) is 26.0 Å². The number of guanidine groups is 2. The number of nitrogens with zero attached hydrogens (tertiary/aromatic N) is 3. The zero-order valence-corrected chi connectivity index (χ0v) is 20.5. The van der Waals surface area contributed by atoms with Crippen LogP contribution in [0, 0.1) is 0 Å². The molecule has 35 heavy (non-hydrogen) atoms. The molecule has 12 nitrogen and oxygen atoms in total. The molecule has 4 aliphatic rings. The van der Waals surface area contributed by atoms with Crippen molar-refractivity contribution in [2.24, 2.45) is 16.5 Å². The molecule has 1 fully saturated rings. The SMILES string of the molecule is CN(C)C[C@@H]1NC(N)=[N+]2CC(NC(=O)c3cccc4c3OCCC4(C)C)C(O)(O)[C@@]23NC(N)=N[C@@H]13. The van der Waals surface area contributed by atoms with E-state index in [4.69, 9.17) is 16.2 Å². The van der Waals surface area contributed by atoms with Crippen molar-refractivity contribution in [3.05, 3.63) is 29.3 Å². The van der Waals surface area contributed by atoms with E-state index in [1.165, 1.54) is 0 Å². The van der Waals surface area contributed by atoms with Crippen molar-refractivity contribution < 1.29 is 24.3 Å². The van der Waals surface area contributed by atoms with Crippen LogP contribution in [0.25, 0.3) is 0 Å². The summed E-state index contributed by atoms with van der Waals surface area (Å²) < 4.78 is 7.49. The van der Waals surface area contributed by atoms with E-state index in [9.17, 15) is 15.0 Å². The third-order valence-corrected chi connectivity index (χ3v) is 7.70. The van der Waals surface area contributed by atoms with E-state index in [2.05, 4.69) is 34.8 Å². The molecule has 12 heteroatoms. The highest BCUT2D eigenvalue weighted by Gasteiger charge is 2.75. The Labute approximate surface area is 204 Å². The van der Waals surface area contributed by atoms with E-state index in [0.717, 1.165) is 12.0 Å². The maximum Gasteiger partial charge on any atom is 0.346 e. The van der Waals surface area contributed by atoms with Crippen molar-refractivity contribution in [1.29, 1.82) is 0 Å². The average molecular weight is 488 g/mol. The molecule has 9 N–H and O–H groups in total. The fourth-order valence-corrected chi connectivity index (χ4v) is 5.88. The minimum atomic E-state index is -2.45. The molecule has 4 aliphatic heterocycles. The molecule has 0 aromatic heterocycles. The minimum Gasteiger partial charge on any atom is -0.492 e. The second-order valence-corrected chi connectivity index (χ2v) is 10.8. The highest BCUT2D eigenvalue weighted by molar-refractivity contribution is 5.98. The molecule has 1 spiro atoms. The van der Waals surface area contributed by atoms with Crippen LogP contribution in [0.1, 0.15) is 36.2 Å². The van der Waals surface area contributed by atoms with Crippen molar-refractivity contribution in [3.8, 4) is 5.75 Å². The molecule has 1 aromatic rings. The number of carbonyl (C=O) groups is 1. The predicted octanol–water partition coefficient (Wildman–Crippen LogP) is -2.62. The number of hydrogen-bond acceptors (Lipinski definition) is 10. The van der Waals surface area contributed by atoms with Crippen LogP contribution in [0.4, 0.5) is 0 Å². The largest absolute Gasteiger partial charge is 0.492 e. The van der Waals surface area contributed by atoms with Gasteiger partial charge in [0.05, 0.1) is 18.7 Å². The first-order chi connectivity index (χ1) is 16.4. The van der Waals surface area contributed by atoms with Crippen LogP contribution in [0.2, 0.25) is 0 Å². The van der Waals surface area contributed by atoms with Crippen LogP contribution in [-0.2, 0) is 5.41 Å². The Kier molecular flexibility index (Phi) is 5.20. The van der Waals surface area contributed by atoms with E-state index in [0.29, 0.717) is 24.5 Å². The highest BCUT2D eigenvalue weighted by Crippen LogP contribution is 2.43. The lowest BCUT2D eigenvalue weighted by molar-refractivity contribution is -0.623. The van der Waals surface area contributed by atoms with Gasteiger partial charge in [0.25, 0.3) is 5.91 Å². The number of nitrogens with one attached hydrogen (secondary N) is 3. The number of hydrogen-bond donors (Lipinski definition) is 7. The van der Waals surface area contributed by atoms with Gasteiger partial charge in [0, 0.05) is 12.1 Å². The normalized spacial score (nSPS) is 32.0. The Morgan fingerprint density at radius 3 is 2.80 bits per heavy atom. The quantitative estimate of drug-likeness (QED) is 0.177. The van der Waals surface area contributed by atoms with Crippen molar-refractivity contribution in [2.45, 2.75) is 55.3 Å². The Bertz CT molecular complexity index is 1130. The van der Waals surface area contributed by atoms with Gasteiger partial charge in [0.15, 0.2) is 5.96 Å². The molecule has 0 aliphatic carbocycles. The molecule has 190 valence electrons. The number of likely N-dealkylation sites (N-methyl/N-ethyl adjacent to an activating group) is 1. The fourth-order valence-electron chi connectivity index (χ4n) is 5.88. The molecule has 1 unspecified atom stereocenters. The standard InChI is InChI=1S/C23H34N8O4/c1-21(2)8-9-35-16-12(6-5-7-13(16)21)18(32)27-15-11-31-20(25)26-14(10-30(3)4)17-22(31,23(15,33)34)29-19(24)28-17/h5-7,14-15,17,33-34H,8-11H2,1-4H3,(H6,24,25,26,27,28,29,32)/p+1/t14-,15?,17-,22-/m0/s1. The number of para-hydroxylation sites is 1. The monoisotopic (exact) mass is 487 g/mol. The first-order valence-electron chi connectivity index (χ1n) is 11.8. The van der Waals surface area contributed by atoms with E-state index in [1.807, 2.05) is 31.1 Å². The van der Waals surface area contributed by atoms with Crippen LogP contribution in [0.5, 0.6) is 5.75 Å². The number of aliphatic hydroxyl groups is 2. The molecular formula is C23H35N8O4+. The third kappa shape index (κ3) is 3.34. The molecule has 0 saturated carbocycles. The van der Waals surface area contributed by atoms with Gasteiger partial charge in [0.1, 0.15) is 23.9 Å². The first-order valence-corrected chi connectivity index (χ1v) is 11.8. The van der Waals surface area contributed by atoms with Gasteiger partial charge in [-0.15, -0.1) is 0 Å². The van der Waals surface area contributed by atoms with Crippen LogP contribution in [0.3, 0.4) is 0 Å². The average Bonchev–Trinajstić information content (AvgIpc) is 3.23. The lowest BCUT2D eigenvalue weighted by Gasteiger charge is -2.44. The van der Waals surface area contributed by atoms with E-state index >= 15 is 0 Å². The Hall–Kier alpha value is -3.09. The lowest BCUT2D eigenvalue weighted by atomic mass is 9.79. The number of ether oxygens (including phenoxy) is 1. The zero-order chi connectivity index (χ0) is 25.3. The topological polar surface area (TPSA) is 174 Å². The van der Waals surface area contributed by atoms with Crippen LogP contribution < -0.4 is 32.2 Å². The summed E-state index contributed by atoms with van der Waals surface area (Å²) >= 11 is 0. The fraction of sp³-hybridized carbons (Fsp3) is 0.609. The summed E-state index contributed by atoms with van der Waals surface area (Å²) in [7, 11) is 3.80. The van der Waals surface area contributed by atoms with Crippen molar-refractivity contribution in [2.75, 3.05) is 33.8 Å². The number of fused-ring (bicyclic) bond motifs is 1. The van der Waals surface area contributed by atoms with Gasteiger partial charge < -0.3 is 36.2 Å². The molecular weight excluding hydrogens is 452 g/mol. The molecule has 1 saturated heterocycles. The van der Waals surface area contributed by atoms with Crippen molar-refractivity contribution in [3.63, 3.8) is 0 Å². The third-order valence-electron chi connectivity index (χ3n) is 7.70. The summed E-state index contributed by atoms with van der Waals surface area (Å²) in [6, 6.07) is 3.33. The number of aliphatic imine (C=N–C) groups is 1. The summed E-state index contributed by atoms with van der Waals surface area (Å²) in [5, 5.41) is 32.2. The molecule has 4 heterocycles. The predicted molar refractivity (Wildman–Crippen MR) is 129 cm³/mol. The number of carbonyl (C=O) groups excluding carboxylic acids is 1. The van der Waals surface area contributed by atoms with Crippen LogP contribution >= 0.6 is 0 Å². The van der Waals surface area contributed by atoms with Gasteiger partial charge in [-0.05, 0) is 32.0 Å². The molecule has 5 rings (SSSR count). The smallest absolute Gasteiger partial charge is 0.346 e. The minimum absolute atomic E-state index is 0.0277.